The molecular weight excluding hydrogens is 451 g/mol. The largest absolute Gasteiger partial charge is 0.311 e. The number of benzene rings is 3. The van der Waals surface area contributed by atoms with Gasteiger partial charge in [0.1, 0.15) is 11.4 Å². The molecule has 4 nitrogen and oxygen atoms in total. The summed E-state index contributed by atoms with van der Waals surface area (Å²) in [5, 5.41) is 14.9. The van der Waals surface area contributed by atoms with Gasteiger partial charge in [-0.3, -0.25) is 0 Å². The Hall–Kier alpha value is -2.37. The van der Waals surface area contributed by atoms with Crippen LogP contribution in [0, 0.1) is 0 Å². The Labute approximate surface area is 196 Å². The van der Waals surface area contributed by atoms with E-state index in [9.17, 15) is 0 Å². The molecule has 4 aromatic rings. The maximum absolute atomic E-state index is 6.34. The molecule has 0 atom stereocenters. The number of hydrogen-bond donors (Lipinski definition) is 1. The summed E-state index contributed by atoms with van der Waals surface area (Å²) in [6, 6.07) is 23.5. The van der Waals surface area contributed by atoms with Gasteiger partial charge in [-0.15, -0.1) is 0 Å². The van der Waals surface area contributed by atoms with Gasteiger partial charge in [0.25, 0.3) is 0 Å². The summed E-state index contributed by atoms with van der Waals surface area (Å²) in [7, 11) is 0. The highest BCUT2D eigenvalue weighted by atomic mass is 35.5. The predicted octanol–water partition coefficient (Wildman–Crippen LogP) is 6.29. The third kappa shape index (κ3) is 5.86. The van der Waals surface area contributed by atoms with Crippen LogP contribution < -0.4 is 5.32 Å². The van der Waals surface area contributed by atoms with Gasteiger partial charge < -0.3 is 5.32 Å². The van der Waals surface area contributed by atoms with E-state index in [1.165, 1.54) is 5.56 Å². The molecule has 158 valence electrons. The van der Waals surface area contributed by atoms with Crippen LogP contribution >= 0.6 is 34.8 Å². The maximum atomic E-state index is 6.34. The van der Waals surface area contributed by atoms with Gasteiger partial charge in [-0.05, 0) is 48.4 Å². The lowest BCUT2D eigenvalue weighted by atomic mass is 10.1. The van der Waals surface area contributed by atoms with E-state index in [1.807, 2.05) is 66.7 Å². The molecule has 0 saturated heterocycles. The van der Waals surface area contributed by atoms with Crippen molar-refractivity contribution in [2.75, 3.05) is 6.54 Å². The van der Waals surface area contributed by atoms with Crippen LogP contribution in [-0.4, -0.2) is 21.5 Å². The van der Waals surface area contributed by atoms with E-state index in [-0.39, 0.29) is 0 Å². The first-order valence-corrected chi connectivity index (χ1v) is 11.1. The van der Waals surface area contributed by atoms with Crippen LogP contribution in [0.2, 0.25) is 15.1 Å². The lowest BCUT2D eigenvalue weighted by molar-refractivity contribution is 0.577. The van der Waals surface area contributed by atoms with Gasteiger partial charge in [0.2, 0.25) is 0 Å². The van der Waals surface area contributed by atoms with Crippen molar-refractivity contribution in [2.24, 2.45) is 0 Å². The minimum atomic E-state index is 0.473. The summed E-state index contributed by atoms with van der Waals surface area (Å²) in [4.78, 5) is 1.69. The fraction of sp³-hybridized carbons (Fsp3) is 0.167. The Morgan fingerprint density at radius 3 is 2.29 bits per heavy atom. The van der Waals surface area contributed by atoms with Crippen molar-refractivity contribution in [3.8, 4) is 11.3 Å². The summed E-state index contributed by atoms with van der Waals surface area (Å²) < 4.78 is 0. The van der Waals surface area contributed by atoms with Crippen LogP contribution in [0.3, 0.4) is 0 Å². The molecule has 7 heteroatoms. The molecule has 0 saturated carbocycles. The number of nitrogens with one attached hydrogen (secondary N) is 1. The van der Waals surface area contributed by atoms with E-state index < -0.39 is 0 Å². The van der Waals surface area contributed by atoms with Gasteiger partial charge in [-0.2, -0.15) is 15.0 Å². The molecule has 4 rings (SSSR count). The molecule has 0 aliphatic rings. The first-order valence-electron chi connectivity index (χ1n) is 9.97. The van der Waals surface area contributed by atoms with E-state index in [1.54, 1.807) is 10.9 Å². The zero-order chi connectivity index (χ0) is 21.6. The molecular formula is C24H21Cl3N4. The molecule has 0 spiro atoms. The smallest absolute Gasteiger partial charge is 0.117 e. The van der Waals surface area contributed by atoms with Crippen LogP contribution in [0.15, 0.2) is 72.8 Å². The Morgan fingerprint density at radius 2 is 1.55 bits per heavy atom. The van der Waals surface area contributed by atoms with Crippen molar-refractivity contribution in [1.82, 2.24) is 20.3 Å². The highest BCUT2D eigenvalue weighted by Gasteiger charge is 2.14. The van der Waals surface area contributed by atoms with E-state index in [2.05, 4.69) is 5.32 Å². The van der Waals surface area contributed by atoms with Crippen molar-refractivity contribution in [3.63, 3.8) is 0 Å². The second kappa shape index (κ2) is 10.3. The molecule has 1 heterocycles. The molecule has 0 bridgehead atoms. The normalized spacial score (nSPS) is 11.1. The Bertz CT molecular complexity index is 1140. The molecule has 0 radical (unpaired) electrons. The maximum Gasteiger partial charge on any atom is 0.117 e. The minimum absolute atomic E-state index is 0.473. The minimum Gasteiger partial charge on any atom is -0.311 e. The first-order chi connectivity index (χ1) is 15.1. The van der Waals surface area contributed by atoms with E-state index in [0.717, 1.165) is 40.5 Å². The highest BCUT2D eigenvalue weighted by Crippen LogP contribution is 2.24. The van der Waals surface area contributed by atoms with Gasteiger partial charge in [0.05, 0.1) is 6.54 Å². The van der Waals surface area contributed by atoms with Crippen molar-refractivity contribution >= 4 is 34.8 Å². The van der Waals surface area contributed by atoms with Gasteiger partial charge in [0, 0.05) is 27.2 Å². The second-order valence-corrected chi connectivity index (χ2v) is 8.46. The molecule has 0 aliphatic carbocycles. The van der Waals surface area contributed by atoms with E-state index >= 15 is 0 Å². The average molecular weight is 472 g/mol. The monoisotopic (exact) mass is 470 g/mol. The SMILES string of the molecule is Clc1ccc(CCNCc2nn(Cc3ccc(Cl)cc3Cl)nc2-c2ccccc2)cc1. The summed E-state index contributed by atoms with van der Waals surface area (Å²) >= 11 is 18.3. The molecule has 0 unspecified atom stereocenters. The van der Waals surface area contributed by atoms with E-state index in [4.69, 9.17) is 45.0 Å². The van der Waals surface area contributed by atoms with Crippen LogP contribution in [0.25, 0.3) is 11.3 Å². The Morgan fingerprint density at radius 1 is 0.806 bits per heavy atom. The zero-order valence-electron chi connectivity index (χ0n) is 16.7. The van der Waals surface area contributed by atoms with Crippen LogP contribution in [0.1, 0.15) is 16.8 Å². The van der Waals surface area contributed by atoms with Gasteiger partial charge in [-0.1, -0.05) is 83.3 Å². The fourth-order valence-corrected chi connectivity index (χ4v) is 3.88. The molecule has 1 aromatic heterocycles. The standard InChI is InChI=1S/C24H21Cl3N4/c25-20-9-6-17(7-10-20)12-13-28-15-23-24(18-4-2-1-3-5-18)30-31(29-23)16-19-8-11-21(26)14-22(19)27/h1-11,14,28H,12-13,15-16H2. The first kappa shape index (κ1) is 21.8. The van der Waals surface area contributed by atoms with Gasteiger partial charge >= 0.3 is 0 Å². The topological polar surface area (TPSA) is 42.7 Å². The lowest BCUT2D eigenvalue weighted by Crippen LogP contribution is -2.17. The molecule has 31 heavy (non-hydrogen) atoms. The van der Waals surface area contributed by atoms with E-state index in [0.29, 0.717) is 23.1 Å². The predicted molar refractivity (Wildman–Crippen MR) is 128 cm³/mol. The van der Waals surface area contributed by atoms with Gasteiger partial charge in [0.15, 0.2) is 0 Å². The molecule has 3 aromatic carbocycles. The number of aromatic nitrogens is 3. The summed E-state index contributed by atoms with van der Waals surface area (Å²) in [5.41, 5.74) is 4.95. The molecule has 0 amide bonds. The van der Waals surface area contributed by atoms with Crippen molar-refractivity contribution in [2.45, 2.75) is 19.5 Å². The fourth-order valence-electron chi connectivity index (χ4n) is 3.29. The van der Waals surface area contributed by atoms with Crippen molar-refractivity contribution < 1.29 is 0 Å². The number of rotatable bonds is 8. The van der Waals surface area contributed by atoms with Crippen molar-refractivity contribution in [1.29, 1.82) is 0 Å². The molecule has 1 N–H and O–H groups in total. The molecule has 0 aliphatic heterocycles. The number of halogens is 3. The van der Waals surface area contributed by atoms with Crippen LogP contribution in [0.5, 0.6) is 0 Å². The van der Waals surface area contributed by atoms with Gasteiger partial charge in [-0.25, -0.2) is 0 Å². The quantitative estimate of drug-likeness (QED) is 0.307. The molecule has 0 fully saturated rings. The van der Waals surface area contributed by atoms with Crippen molar-refractivity contribution in [3.05, 3.63) is 105 Å². The number of hydrogen-bond acceptors (Lipinski definition) is 3. The third-order valence-corrected chi connectivity index (χ3v) is 5.73. The summed E-state index contributed by atoms with van der Waals surface area (Å²) in [6.45, 7) is 1.92. The summed E-state index contributed by atoms with van der Waals surface area (Å²) in [5.74, 6) is 0. The van der Waals surface area contributed by atoms with Crippen LogP contribution in [0.4, 0.5) is 0 Å². The number of nitrogens with zero attached hydrogens (tertiary/aromatic N) is 3. The Balaban J connectivity index is 1.49. The highest BCUT2D eigenvalue weighted by molar-refractivity contribution is 6.35. The average Bonchev–Trinajstić information content (AvgIpc) is 3.18. The summed E-state index contributed by atoms with van der Waals surface area (Å²) in [6.07, 6.45) is 0.909. The Kier molecular flexibility index (Phi) is 7.25. The lowest BCUT2D eigenvalue weighted by Gasteiger charge is -2.05. The second-order valence-electron chi connectivity index (χ2n) is 7.18. The zero-order valence-corrected chi connectivity index (χ0v) is 19.0. The third-order valence-electron chi connectivity index (χ3n) is 4.90. The van der Waals surface area contributed by atoms with Crippen LogP contribution in [-0.2, 0) is 19.5 Å².